The monoisotopic (exact) mass is 836 g/mol. The number of sulfonamides is 2. The topological polar surface area (TPSA) is 244 Å². The van der Waals surface area contributed by atoms with Crippen LogP contribution >= 0.6 is 23.2 Å². The van der Waals surface area contributed by atoms with Crippen LogP contribution in [-0.4, -0.2) is 50.0 Å². The number of hydrogen-bond donors (Lipinski definition) is 6. The smallest absolute Gasteiger partial charge is 0.506 e. The molecule has 0 spiro atoms. The summed E-state index contributed by atoms with van der Waals surface area (Å²) in [5, 5.41) is 38.6. The first-order valence-corrected chi connectivity index (χ1v) is 17.8. The molecule has 2 aliphatic rings. The molecule has 0 aliphatic heterocycles. The maximum Gasteiger partial charge on any atom is 1.00 e. The van der Waals surface area contributed by atoms with Crippen molar-refractivity contribution in [2.75, 3.05) is 10.9 Å². The van der Waals surface area contributed by atoms with Crippen molar-refractivity contribution in [2.45, 2.75) is 9.79 Å². The van der Waals surface area contributed by atoms with E-state index in [-0.39, 0.29) is 102 Å². The second-order valence-electron chi connectivity index (χ2n) is 10.5. The van der Waals surface area contributed by atoms with E-state index in [2.05, 4.69) is 21.1 Å². The molecule has 8 N–H and O–H groups in total. The summed E-state index contributed by atoms with van der Waals surface area (Å²) in [4.78, 5) is 24.1. The van der Waals surface area contributed by atoms with E-state index in [1.54, 1.807) is 0 Å². The predicted molar refractivity (Wildman–Crippen MR) is 190 cm³/mol. The van der Waals surface area contributed by atoms with Gasteiger partial charge in [0.25, 0.3) is 0 Å². The molecule has 0 heterocycles. The van der Waals surface area contributed by atoms with Crippen LogP contribution in [0.25, 0.3) is 12.2 Å². The number of nitrogens with two attached hydrogens (primary N) is 2. The second-order valence-corrected chi connectivity index (χ2v) is 14.4. The number of carbonyl (C=O) groups excluding carboxylic acids is 2. The van der Waals surface area contributed by atoms with Crippen LogP contribution in [0.1, 0.15) is 22.3 Å². The number of fused-ring (bicyclic) bond motifs is 2. The van der Waals surface area contributed by atoms with Crippen LogP contribution in [0.15, 0.2) is 105 Å². The fourth-order valence-corrected chi connectivity index (χ4v) is 6.00. The van der Waals surface area contributed by atoms with Gasteiger partial charge in [0.05, 0.1) is 21.2 Å². The van der Waals surface area contributed by atoms with Gasteiger partial charge < -0.3 is 10.2 Å². The minimum Gasteiger partial charge on any atom is -0.506 e. The molecule has 0 saturated heterocycles. The number of hydrazone groups is 2. The number of allylic oxidation sites excluding steroid dienone is 2. The summed E-state index contributed by atoms with van der Waals surface area (Å²) in [6.45, 7) is 0. The number of ketones is 2. The third-order valence-corrected chi connectivity index (χ3v) is 9.29. The molecule has 4 aromatic rings. The Morgan fingerprint density at radius 1 is 0.577 bits per heavy atom. The van der Waals surface area contributed by atoms with Crippen LogP contribution in [0.4, 0.5) is 11.4 Å². The number of anilines is 2. The molecule has 0 aromatic heterocycles. The quantitative estimate of drug-likeness (QED) is 0.0922. The number of primary sulfonamides is 2. The molecule has 6 rings (SSSR count). The third kappa shape index (κ3) is 10.2. The van der Waals surface area contributed by atoms with E-state index in [1.165, 1.54) is 97.1 Å². The van der Waals surface area contributed by atoms with Gasteiger partial charge in [0.15, 0.2) is 0 Å². The molecule has 2 aliphatic carbocycles. The van der Waals surface area contributed by atoms with Crippen molar-refractivity contribution < 1.29 is 83.0 Å². The van der Waals surface area contributed by atoms with Gasteiger partial charge in [-0.05, 0) is 83.9 Å². The van der Waals surface area contributed by atoms with E-state index in [9.17, 15) is 36.6 Å². The number of nitrogens with zero attached hydrogens (tertiary/aromatic N) is 2. The summed E-state index contributed by atoms with van der Waals surface area (Å²) in [7, 11) is -7.71. The Morgan fingerprint density at radius 3 is 1.29 bits per heavy atom. The van der Waals surface area contributed by atoms with Crippen LogP contribution in [-0.2, 0) is 46.4 Å². The molecule has 14 nitrogen and oxygen atoms in total. The summed E-state index contributed by atoms with van der Waals surface area (Å²) >= 11 is 11.7. The SMILES string of the molecule is NS(=O)(=O)c1ccc2c(c1)C=CC(=O)/C2=N\Nc1cc(Cl)ccc1O.NS(=O)(=O)c1ccc2c(c1)C=CC(=O)/C2=N\Nc1cc(Cl)ccc1O.[Co].[Na+]. The normalized spacial score (nSPS) is 14.7. The minimum atomic E-state index is -3.85. The molecule has 0 amide bonds. The van der Waals surface area contributed by atoms with Gasteiger partial charge in [-0.15, -0.1) is 0 Å². The number of aromatic hydroxyl groups is 2. The zero-order valence-corrected chi connectivity index (χ0v) is 32.7. The Hall–Kier alpha value is -3.85. The van der Waals surface area contributed by atoms with Crippen molar-refractivity contribution in [1.82, 2.24) is 0 Å². The van der Waals surface area contributed by atoms with Crippen molar-refractivity contribution in [3.05, 3.63) is 117 Å². The summed E-state index contributed by atoms with van der Waals surface area (Å²) in [5.74, 6) is -0.913. The Bertz CT molecular complexity index is 2270. The number of carbonyl (C=O) groups is 2. The molecule has 265 valence electrons. The van der Waals surface area contributed by atoms with Gasteiger partial charge in [0, 0.05) is 38.0 Å². The first-order valence-electron chi connectivity index (χ1n) is 13.9. The molecular formula is C32H24Cl2CoN6NaO8S2+. The maximum atomic E-state index is 12.1. The standard InChI is InChI=1S/2C16H12ClN3O4S.Co.Na/c2*17-10-2-6-14(21)13(8-10)19-20-16-12-4-3-11(25(18,23)24)7-9(12)1-5-15(16)22;;/h2*1-8,19,21H,(H2,18,23,24);;/q;;;+1/b2*20-16-;;. The van der Waals surface area contributed by atoms with Gasteiger partial charge in [0.2, 0.25) is 31.6 Å². The van der Waals surface area contributed by atoms with Gasteiger partial charge in [-0.25, -0.2) is 27.1 Å². The zero-order valence-electron chi connectivity index (χ0n) is 26.5. The molecule has 0 bridgehead atoms. The number of benzene rings is 4. The largest absolute Gasteiger partial charge is 1.00 e. The molecular weight excluding hydrogens is 813 g/mol. The number of phenolic OH excluding ortho intramolecular Hbond substituents is 2. The van der Waals surface area contributed by atoms with Crippen molar-refractivity contribution in [1.29, 1.82) is 0 Å². The fraction of sp³-hybridized carbons (Fsp3) is 0. The summed E-state index contributed by atoms with van der Waals surface area (Å²) in [6, 6.07) is 16.9. The minimum absolute atomic E-state index is 0. The van der Waals surface area contributed by atoms with E-state index in [0.717, 1.165) is 0 Å². The molecule has 0 fully saturated rings. The van der Waals surface area contributed by atoms with Gasteiger partial charge >= 0.3 is 29.6 Å². The predicted octanol–water partition coefficient (Wildman–Crippen LogP) is 1.21. The van der Waals surface area contributed by atoms with Crippen molar-refractivity contribution in [2.24, 2.45) is 20.5 Å². The summed E-state index contributed by atoms with van der Waals surface area (Å²) in [5.41, 5.74) is 7.63. The van der Waals surface area contributed by atoms with Crippen LogP contribution in [0.5, 0.6) is 11.5 Å². The molecule has 1 radical (unpaired) electrons. The van der Waals surface area contributed by atoms with Crippen LogP contribution in [0.2, 0.25) is 10.0 Å². The Labute approximate surface area is 339 Å². The van der Waals surface area contributed by atoms with Crippen LogP contribution in [0, 0.1) is 0 Å². The maximum absolute atomic E-state index is 12.1. The molecule has 0 saturated carbocycles. The molecule has 4 aromatic carbocycles. The van der Waals surface area contributed by atoms with Crippen molar-refractivity contribution in [3.8, 4) is 11.5 Å². The fourth-order valence-electron chi connectivity index (χ4n) is 4.56. The molecule has 0 unspecified atom stereocenters. The molecule has 52 heavy (non-hydrogen) atoms. The van der Waals surface area contributed by atoms with E-state index < -0.39 is 20.0 Å². The first kappa shape index (κ1) is 42.6. The Morgan fingerprint density at radius 2 is 0.942 bits per heavy atom. The molecule has 20 heteroatoms. The van der Waals surface area contributed by atoms with Gasteiger partial charge in [-0.3, -0.25) is 20.4 Å². The van der Waals surface area contributed by atoms with Crippen molar-refractivity contribution >= 4 is 89.8 Å². The number of nitrogens with one attached hydrogen (secondary N) is 2. The average Bonchev–Trinajstić information content (AvgIpc) is 3.05. The second kappa shape index (κ2) is 17.3. The van der Waals surface area contributed by atoms with E-state index in [0.29, 0.717) is 32.3 Å². The van der Waals surface area contributed by atoms with E-state index in [1.807, 2.05) is 0 Å². The van der Waals surface area contributed by atoms with Gasteiger partial charge in [0.1, 0.15) is 22.9 Å². The van der Waals surface area contributed by atoms with Crippen LogP contribution in [0.3, 0.4) is 0 Å². The van der Waals surface area contributed by atoms with Gasteiger partial charge in [-0.2, -0.15) is 10.2 Å². The number of rotatable bonds is 6. The zero-order chi connectivity index (χ0) is 36.4. The number of hydrogen-bond acceptors (Lipinski definition) is 12. The molecule has 0 atom stereocenters. The summed E-state index contributed by atoms with van der Waals surface area (Å²) in [6.07, 6.45) is 5.52. The Kier molecular flexibility index (Phi) is 14.2. The third-order valence-electron chi connectivity index (χ3n) is 7.00. The average molecular weight is 838 g/mol. The Balaban J connectivity index is 0.000000270. The number of halogens is 2. The number of phenols is 2. The summed E-state index contributed by atoms with van der Waals surface area (Å²) < 4.78 is 45.8. The van der Waals surface area contributed by atoms with Crippen LogP contribution < -0.4 is 50.7 Å². The van der Waals surface area contributed by atoms with Crippen molar-refractivity contribution in [3.63, 3.8) is 0 Å². The van der Waals surface area contributed by atoms with E-state index >= 15 is 0 Å². The van der Waals surface area contributed by atoms with Gasteiger partial charge in [-0.1, -0.05) is 47.5 Å². The first-order chi connectivity index (χ1) is 23.5. The van der Waals surface area contributed by atoms with E-state index in [4.69, 9.17) is 33.5 Å².